The van der Waals surface area contributed by atoms with E-state index in [9.17, 15) is 8.42 Å². The minimum atomic E-state index is -3.76. The zero-order valence-electron chi connectivity index (χ0n) is 16.1. The number of hydrogen-bond acceptors (Lipinski definition) is 5. The highest BCUT2D eigenvalue weighted by Crippen LogP contribution is 2.23. The van der Waals surface area contributed by atoms with E-state index in [1.807, 2.05) is 26.8 Å². The minimum absolute atomic E-state index is 0.217. The van der Waals surface area contributed by atoms with Crippen molar-refractivity contribution in [2.45, 2.75) is 45.4 Å². The van der Waals surface area contributed by atoms with Crippen molar-refractivity contribution in [2.75, 3.05) is 4.72 Å². The number of benzene rings is 1. The van der Waals surface area contributed by atoms with Gasteiger partial charge in [-0.1, -0.05) is 26.0 Å². The average molecular weight is 385 g/mol. The highest BCUT2D eigenvalue weighted by molar-refractivity contribution is 7.92. The summed E-state index contributed by atoms with van der Waals surface area (Å²) >= 11 is 0. The second-order valence-corrected chi connectivity index (χ2v) is 8.51. The third-order valence-corrected chi connectivity index (χ3v) is 5.43. The molecule has 1 N–H and O–H groups in total. The maximum atomic E-state index is 12.9. The van der Waals surface area contributed by atoms with Crippen molar-refractivity contribution in [1.82, 2.24) is 19.7 Å². The van der Waals surface area contributed by atoms with Crippen LogP contribution in [-0.4, -0.2) is 28.2 Å². The summed E-state index contributed by atoms with van der Waals surface area (Å²) in [4.78, 5) is 8.84. The Morgan fingerprint density at radius 3 is 2.41 bits per heavy atom. The zero-order valence-corrected chi connectivity index (χ0v) is 16.9. The summed E-state index contributed by atoms with van der Waals surface area (Å²) in [7, 11) is -3.76. The SMILES string of the molecule is Cc1cc(-n2nc(C)cc2NS(=O)(=O)c2cccc(C(C)C)c2)nc(C)n1. The maximum Gasteiger partial charge on any atom is 0.263 e. The van der Waals surface area contributed by atoms with Crippen LogP contribution in [0, 0.1) is 20.8 Å². The molecule has 0 amide bonds. The standard InChI is InChI=1S/C19H23N5O2S/c1-12(2)16-7-6-8-17(11-16)27(25,26)23-19-10-14(4)22-24(19)18-9-13(3)20-15(5)21-18/h6-12,23H,1-5H3. The molecule has 142 valence electrons. The molecule has 0 aliphatic carbocycles. The smallest absolute Gasteiger partial charge is 0.263 e. The molecule has 7 nitrogen and oxygen atoms in total. The Morgan fingerprint density at radius 1 is 1.00 bits per heavy atom. The predicted molar refractivity (Wildman–Crippen MR) is 105 cm³/mol. The van der Waals surface area contributed by atoms with E-state index >= 15 is 0 Å². The zero-order chi connectivity index (χ0) is 19.8. The molecule has 3 rings (SSSR count). The van der Waals surface area contributed by atoms with E-state index in [1.165, 1.54) is 4.68 Å². The Bertz CT molecular complexity index is 1070. The van der Waals surface area contributed by atoms with Crippen molar-refractivity contribution in [3.63, 3.8) is 0 Å². The fourth-order valence-electron chi connectivity index (χ4n) is 2.79. The molecular formula is C19H23N5O2S. The number of hydrogen-bond donors (Lipinski definition) is 1. The van der Waals surface area contributed by atoms with Gasteiger partial charge in [0.1, 0.15) is 11.6 Å². The molecule has 0 fully saturated rings. The first-order chi connectivity index (χ1) is 12.7. The van der Waals surface area contributed by atoms with Crippen LogP contribution in [0.25, 0.3) is 5.82 Å². The van der Waals surface area contributed by atoms with Gasteiger partial charge in [0.05, 0.1) is 10.6 Å². The van der Waals surface area contributed by atoms with Gasteiger partial charge in [-0.05, 0) is 44.4 Å². The molecule has 2 aromatic heterocycles. The lowest BCUT2D eigenvalue weighted by atomic mass is 10.0. The Hall–Kier alpha value is -2.74. The first-order valence-corrected chi connectivity index (χ1v) is 10.2. The van der Waals surface area contributed by atoms with Crippen molar-refractivity contribution >= 4 is 15.8 Å². The Morgan fingerprint density at radius 2 is 1.74 bits per heavy atom. The van der Waals surface area contributed by atoms with Crippen molar-refractivity contribution < 1.29 is 8.42 Å². The van der Waals surface area contributed by atoms with Crippen LogP contribution in [0.4, 0.5) is 5.82 Å². The quantitative estimate of drug-likeness (QED) is 0.726. The third kappa shape index (κ3) is 4.16. The molecule has 0 atom stereocenters. The van der Waals surface area contributed by atoms with Crippen molar-refractivity contribution in [3.8, 4) is 5.82 Å². The number of sulfonamides is 1. The van der Waals surface area contributed by atoms with Gasteiger partial charge in [-0.15, -0.1) is 0 Å². The van der Waals surface area contributed by atoms with Gasteiger partial charge in [0.2, 0.25) is 0 Å². The van der Waals surface area contributed by atoms with Gasteiger partial charge in [0, 0.05) is 17.8 Å². The van der Waals surface area contributed by atoms with Crippen LogP contribution in [-0.2, 0) is 10.0 Å². The number of rotatable bonds is 5. The van der Waals surface area contributed by atoms with Crippen LogP contribution >= 0.6 is 0 Å². The molecule has 8 heteroatoms. The minimum Gasteiger partial charge on any atom is -0.263 e. The van der Waals surface area contributed by atoms with Gasteiger partial charge in [-0.3, -0.25) is 4.72 Å². The number of aryl methyl sites for hydroxylation is 3. The summed E-state index contributed by atoms with van der Waals surface area (Å²) < 4.78 is 30.0. The molecular weight excluding hydrogens is 362 g/mol. The third-order valence-electron chi connectivity index (χ3n) is 4.08. The first kappa shape index (κ1) is 19.0. The molecule has 0 saturated heterocycles. The molecule has 3 aromatic rings. The van der Waals surface area contributed by atoms with Crippen LogP contribution in [0.5, 0.6) is 0 Å². The van der Waals surface area contributed by atoms with E-state index in [-0.39, 0.29) is 10.8 Å². The van der Waals surface area contributed by atoms with E-state index in [0.717, 1.165) is 11.3 Å². The summed E-state index contributed by atoms with van der Waals surface area (Å²) in [5.74, 6) is 1.68. The highest BCUT2D eigenvalue weighted by Gasteiger charge is 2.19. The monoisotopic (exact) mass is 385 g/mol. The number of nitrogens with one attached hydrogen (secondary N) is 1. The lowest BCUT2D eigenvalue weighted by Gasteiger charge is -2.12. The Kier molecular flexibility index (Phi) is 5.01. The van der Waals surface area contributed by atoms with Gasteiger partial charge in [-0.25, -0.2) is 18.4 Å². The molecule has 2 heterocycles. The Balaban J connectivity index is 2.02. The van der Waals surface area contributed by atoms with Gasteiger partial charge in [0.15, 0.2) is 5.82 Å². The molecule has 0 saturated carbocycles. The molecule has 0 bridgehead atoms. The first-order valence-electron chi connectivity index (χ1n) is 8.68. The van der Waals surface area contributed by atoms with E-state index in [4.69, 9.17) is 0 Å². The predicted octanol–water partition coefficient (Wildman–Crippen LogP) is 3.51. The number of anilines is 1. The van der Waals surface area contributed by atoms with Crippen LogP contribution in [0.3, 0.4) is 0 Å². The summed E-state index contributed by atoms with van der Waals surface area (Å²) in [6.07, 6.45) is 0. The maximum absolute atomic E-state index is 12.9. The van der Waals surface area contributed by atoms with Gasteiger partial charge in [-0.2, -0.15) is 9.78 Å². The number of nitrogens with zero attached hydrogens (tertiary/aromatic N) is 4. The molecule has 27 heavy (non-hydrogen) atoms. The van der Waals surface area contributed by atoms with Gasteiger partial charge >= 0.3 is 0 Å². The second-order valence-electron chi connectivity index (χ2n) is 6.83. The molecule has 0 spiro atoms. The summed E-state index contributed by atoms with van der Waals surface area (Å²) in [6, 6.07) is 10.4. The van der Waals surface area contributed by atoms with Crippen molar-refractivity contribution in [3.05, 3.63) is 59.2 Å². The van der Waals surface area contributed by atoms with Crippen molar-refractivity contribution in [2.24, 2.45) is 0 Å². The van der Waals surface area contributed by atoms with Crippen LogP contribution in [0.15, 0.2) is 41.3 Å². The van der Waals surface area contributed by atoms with Crippen molar-refractivity contribution in [1.29, 1.82) is 0 Å². The molecule has 1 aromatic carbocycles. The van der Waals surface area contributed by atoms with Gasteiger partial charge < -0.3 is 0 Å². The molecule has 0 radical (unpaired) electrons. The Labute approximate surface area is 159 Å². The lowest BCUT2D eigenvalue weighted by Crippen LogP contribution is -2.17. The van der Waals surface area contributed by atoms with E-state index in [2.05, 4.69) is 19.8 Å². The van der Waals surface area contributed by atoms with E-state index in [0.29, 0.717) is 23.2 Å². The fraction of sp³-hybridized carbons (Fsp3) is 0.316. The van der Waals surface area contributed by atoms with Crippen LogP contribution in [0.1, 0.15) is 42.5 Å². The second kappa shape index (κ2) is 7.11. The summed E-state index contributed by atoms with van der Waals surface area (Å²) in [5.41, 5.74) is 2.42. The lowest BCUT2D eigenvalue weighted by molar-refractivity contribution is 0.600. The number of aromatic nitrogens is 4. The average Bonchev–Trinajstić information content (AvgIpc) is 2.93. The largest absolute Gasteiger partial charge is 0.263 e. The van der Waals surface area contributed by atoms with E-state index in [1.54, 1.807) is 44.2 Å². The molecule has 0 unspecified atom stereocenters. The molecule has 0 aliphatic rings. The van der Waals surface area contributed by atoms with E-state index < -0.39 is 10.0 Å². The topological polar surface area (TPSA) is 89.8 Å². The highest BCUT2D eigenvalue weighted by atomic mass is 32.2. The van der Waals surface area contributed by atoms with Gasteiger partial charge in [0.25, 0.3) is 10.0 Å². The normalized spacial score (nSPS) is 11.8. The fourth-order valence-corrected chi connectivity index (χ4v) is 3.88. The molecule has 0 aliphatic heterocycles. The van der Waals surface area contributed by atoms with Crippen LogP contribution < -0.4 is 4.72 Å². The van der Waals surface area contributed by atoms with Crippen LogP contribution in [0.2, 0.25) is 0 Å². The summed E-state index contributed by atoms with van der Waals surface area (Å²) in [5, 5.41) is 4.39. The summed E-state index contributed by atoms with van der Waals surface area (Å²) in [6.45, 7) is 9.49.